The van der Waals surface area contributed by atoms with E-state index in [1.807, 2.05) is 24.3 Å². The van der Waals surface area contributed by atoms with Crippen LogP contribution in [0.4, 0.5) is 4.79 Å². The fourth-order valence-electron chi connectivity index (χ4n) is 1.42. The van der Waals surface area contributed by atoms with Crippen LogP contribution in [-0.4, -0.2) is 13.2 Å². The summed E-state index contributed by atoms with van der Waals surface area (Å²) >= 11 is 3.42. The van der Waals surface area contributed by atoms with Crippen molar-refractivity contribution in [1.29, 1.82) is 0 Å². The fourth-order valence-corrected chi connectivity index (χ4v) is 2.00. The van der Waals surface area contributed by atoms with Crippen LogP contribution in [0.25, 0.3) is 10.8 Å². The zero-order valence-corrected chi connectivity index (χ0v) is 9.69. The zero-order valence-electron chi connectivity index (χ0n) is 8.11. The SMILES string of the molecule is COC(=O)[n+]1cc(Br)c2ccccc2c1. The van der Waals surface area contributed by atoms with Crippen LogP contribution in [0, 0.1) is 0 Å². The van der Waals surface area contributed by atoms with Gasteiger partial charge in [0.2, 0.25) is 0 Å². The Bertz CT molecular complexity index is 525. The Morgan fingerprint density at radius 1 is 1.33 bits per heavy atom. The van der Waals surface area contributed by atoms with Gasteiger partial charge in [-0.25, -0.2) is 0 Å². The summed E-state index contributed by atoms with van der Waals surface area (Å²) < 4.78 is 6.92. The van der Waals surface area contributed by atoms with Crippen LogP contribution in [0.3, 0.4) is 0 Å². The van der Waals surface area contributed by atoms with Crippen molar-refractivity contribution in [2.75, 3.05) is 7.11 Å². The molecule has 0 saturated heterocycles. The first-order chi connectivity index (χ1) is 7.22. The maximum atomic E-state index is 11.3. The minimum Gasteiger partial charge on any atom is -0.415 e. The van der Waals surface area contributed by atoms with Gasteiger partial charge < -0.3 is 4.74 Å². The van der Waals surface area contributed by atoms with Crippen molar-refractivity contribution in [3.63, 3.8) is 0 Å². The van der Waals surface area contributed by atoms with Gasteiger partial charge in [0, 0.05) is 10.8 Å². The van der Waals surface area contributed by atoms with Crippen molar-refractivity contribution in [1.82, 2.24) is 0 Å². The van der Waals surface area contributed by atoms with Gasteiger partial charge >= 0.3 is 6.09 Å². The first kappa shape index (κ1) is 10.1. The highest BCUT2D eigenvalue weighted by Gasteiger charge is 2.16. The van der Waals surface area contributed by atoms with E-state index >= 15 is 0 Å². The van der Waals surface area contributed by atoms with Crippen LogP contribution in [0.15, 0.2) is 41.1 Å². The largest absolute Gasteiger partial charge is 0.601 e. The van der Waals surface area contributed by atoms with E-state index in [4.69, 9.17) is 0 Å². The summed E-state index contributed by atoms with van der Waals surface area (Å²) in [5.74, 6) is 0. The van der Waals surface area contributed by atoms with Crippen molar-refractivity contribution in [3.05, 3.63) is 41.1 Å². The average Bonchev–Trinajstić information content (AvgIpc) is 2.28. The van der Waals surface area contributed by atoms with E-state index in [0.29, 0.717) is 0 Å². The molecule has 0 N–H and O–H groups in total. The summed E-state index contributed by atoms with van der Waals surface area (Å²) in [5, 5.41) is 2.05. The van der Waals surface area contributed by atoms with E-state index in [1.165, 1.54) is 11.7 Å². The quantitative estimate of drug-likeness (QED) is 0.686. The number of carbonyl (C=O) groups excluding carboxylic acids is 1. The van der Waals surface area contributed by atoms with Crippen molar-refractivity contribution in [2.24, 2.45) is 0 Å². The van der Waals surface area contributed by atoms with Crippen molar-refractivity contribution >= 4 is 32.8 Å². The molecule has 4 heteroatoms. The molecule has 0 saturated carbocycles. The highest BCUT2D eigenvalue weighted by molar-refractivity contribution is 9.10. The molecule has 15 heavy (non-hydrogen) atoms. The number of aromatic nitrogens is 1. The van der Waals surface area contributed by atoms with E-state index < -0.39 is 6.09 Å². The van der Waals surface area contributed by atoms with E-state index in [1.54, 1.807) is 12.4 Å². The molecule has 0 bridgehead atoms. The first-order valence-electron chi connectivity index (χ1n) is 4.40. The Morgan fingerprint density at radius 2 is 2.07 bits per heavy atom. The maximum Gasteiger partial charge on any atom is 0.601 e. The number of pyridine rings is 1. The summed E-state index contributed by atoms with van der Waals surface area (Å²) in [7, 11) is 1.36. The molecule has 0 aliphatic carbocycles. The number of fused-ring (bicyclic) bond motifs is 1. The maximum absolute atomic E-state index is 11.3. The van der Waals surface area contributed by atoms with Crippen LogP contribution in [0.5, 0.6) is 0 Å². The van der Waals surface area contributed by atoms with E-state index in [9.17, 15) is 4.79 Å². The lowest BCUT2D eigenvalue weighted by molar-refractivity contribution is -0.584. The molecule has 0 amide bonds. The number of hydrogen-bond acceptors (Lipinski definition) is 2. The Hall–Kier alpha value is -1.42. The van der Waals surface area contributed by atoms with E-state index in [2.05, 4.69) is 20.7 Å². The number of nitrogens with zero attached hydrogens (tertiary/aromatic N) is 1. The predicted octanol–water partition coefficient (Wildman–Crippen LogP) is 2.50. The second-order valence-corrected chi connectivity index (χ2v) is 3.93. The van der Waals surface area contributed by atoms with Crippen LogP contribution in [0.1, 0.15) is 0 Å². The molecule has 0 radical (unpaired) electrons. The third kappa shape index (κ3) is 1.85. The minimum absolute atomic E-state index is 0.401. The third-order valence-corrected chi connectivity index (χ3v) is 2.77. The Kier molecular flexibility index (Phi) is 2.68. The lowest BCUT2D eigenvalue weighted by Gasteiger charge is -1.98. The third-order valence-electron chi connectivity index (χ3n) is 2.13. The second kappa shape index (κ2) is 3.98. The van der Waals surface area contributed by atoms with Crippen LogP contribution >= 0.6 is 15.9 Å². The number of benzene rings is 1. The van der Waals surface area contributed by atoms with Crippen LogP contribution in [-0.2, 0) is 4.74 Å². The van der Waals surface area contributed by atoms with Gasteiger partial charge in [-0.3, -0.25) is 0 Å². The summed E-state index contributed by atoms with van der Waals surface area (Å²) in [6.07, 6.45) is 3.03. The van der Waals surface area contributed by atoms with Gasteiger partial charge in [0.15, 0.2) is 12.4 Å². The molecule has 0 atom stereocenters. The molecular formula is C11H9BrNO2+. The summed E-state index contributed by atoms with van der Waals surface area (Å²) in [4.78, 5) is 11.3. The average molecular weight is 267 g/mol. The molecule has 0 aliphatic heterocycles. The number of hydrogen-bond donors (Lipinski definition) is 0. The normalized spacial score (nSPS) is 10.3. The van der Waals surface area contributed by atoms with Gasteiger partial charge in [0.1, 0.15) is 0 Å². The van der Waals surface area contributed by atoms with Gasteiger partial charge in [-0.2, -0.15) is 4.79 Å². The molecule has 76 valence electrons. The molecule has 1 aromatic heterocycles. The van der Waals surface area contributed by atoms with Crippen molar-refractivity contribution in [3.8, 4) is 0 Å². The predicted molar refractivity (Wildman–Crippen MR) is 59.6 cm³/mol. The van der Waals surface area contributed by atoms with Gasteiger partial charge in [-0.15, -0.1) is 0 Å². The van der Waals surface area contributed by atoms with Crippen molar-refractivity contribution < 1.29 is 14.1 Å². The molecule has 2 rings (SSSR count). The van der Waals surface area contributed by atoms with Gasteiger partial charge in [-0.05, 0) is 22.0 Å². The molecule has 1 aromatic carbocycles. The molecule has 0 aliphatic rings. The van der Waals surface area contributed by atoms with Gasteiger partial charge in [-0.1, -0.05) is 22.8 Å². The summed E-state index contributed by atoms with van der Waals surface area (Å²) in [6.45, 7) is 0. The van der Waals surface area contributed by atoms with Gasteiger partial charge in [0.25, 0.3) is 0 Å². The second-order valence-electron chi connectivity index (χ2n) is 3.07. The van der Waals surface area contributed by atoms with Gasteiger partial charge in [0.05, 0.1) is 11.6 Å². The molecule has 0 fully saturated rings. The zero-order chi connectivity index (χ0) is 10.8. The van der Waals surface area contributed by atoms with E-state index in [0.717, 1.165) is 15.2 Å². The monoisotopic (exact) mass is 266 g/mol. The number of ether oxygens (including phenoxy) is 1. The number of rotatable bonds is 0. The smallest absolute Gasteiger partial charge is 0.415 e. The standard InChI is InChI=1S/C11H9BrNO2/c1-15-11(14)13-6-8-4-2-3-5-9(8)10(12)7-13/h2-7H,1H3/q+1. The van der Waals surface area contributed by atoms with E-state index in [-0.39, 0.29) is 0 Å². The first-order valence-corrected chi connectivity index (χ1v) is 5.19. The lowest BCUT2D eigenvalue weighted by atomic mass is 10.2. The Labute approximate surface area is 95.4 Å². The topological polar surface area (TPSA) is 30.2 Å². The highest BCUT2D eigenvalue weighted by atomic mass is 79.9. The fraction of sp³-hybridized carbons (Fsp3) is 0.0909. The van der Waals surface area contributed by atoms with Crippen LogP contribution in [0.2, 0.25) is 0 Å². The molecular weight excluding hydrogens is 258 g/mol. The number of halogens is 1. The molecule has 2 aromatic rings. The Morgan fingerprint density at radius 3 is 2.80 bits per heavy atom. The highest BCUT2D eigenvalue weighted by Crippen LogP contribution is 2.20. The Balaban J connectivity index is 2.67. The van der Waals surface area contributed by atoms with Crippen LogP contribution < -0.4 is 4.57 Å². The molecule has 0 spiro atoms. The lowest BCUT2D eigenvalue weighted by Crippen LogP contribution is -2.42. The van der Waals surface area contributed by atoms with Crippen molar-refractivity contribution in [2.45, 2.75) is 0 Å². The number of carbonyl (C=O) groups is 1. The molecule has 0 unspecified atom stereocenters. The number of methoxy groups -OCH3 is 1. The molecule has 3 nitrogen and oxygen atoms in total. The summed E-state index contributed by atoms with van der Waals surface area (Å²) in [5.41, 5.74) is 0. The minimum atomic E-state index is -0.401. The summed E-state index contributed by atoms with van der Waals surface area (Å²) in [6, 6.07) is 7.81. The molecule has 1 heterocycles.